The molecule has 0 radical (unpaired) electrons. The van der Waals surface area contributed by atoms with E-state index in [1.807, 2.05) is 6.08 Å². The summed E-state index contributed by atoms with van der Waals surface area (Å²) in [6.07, 6.45) is 16.2. The van der Waals surface area contributed by atoms with Gasteiger partial charge in [0, 0.05) is 11.2 Å². The van der Waals surface area contributed by atoms with Crippen molar-refractivity contribution in [2.75, 3.05) is 5.33 Å². The van der Waals surface area contributed by atoms with Crippen molar-refractivity contribution in [1.82, 2.24) is 0 Å². The Hall–Kier alpha value is -0.230. The lowest BCUT2D eigenvalue weighted by molar-refractivity contribution is -0.0256. The molecule has 0 amide bonds. The number of hydrogen-bond acceptors (Lipinski definition) is 1. The summed E-state index contributed by atoms with van der Waals surface area (Å²) in [7, 11) is 0. The van der Waals surface area contributed by atoms with Crippen LogP contribution in [0, 0.1) is 18.3 Å². The highest BCUT2D eigenvalue weighted by atomic mass is 79.9. The van der Waals surface area contributed by atoms with Gasteiger partial charge in [-0.1, -0.05) is 47.0 Å². The van der Waals surface area contributed by atoms with E-state index in [9.17, 15) is 0 Å². The number of rotatable bonds is 5. The molecule has 0 aromatic heterocycles. The van der Waals surface area contributed by atoms with Crippen molar-refractivity contribution in [3.8, 4) is 12.3 Å². The smallest absolute Gasteiger partial charge is 0.0779 e. The van der Waals surface area contributed by atoms with Gasteiger partial charge in [-0.25, -0.2) is 0 Å². The summed E-state index contributed by atoms with van der Waals surface area (Å²) in [6.45, 7) is 2.15. The molecule has 0 aromatic carbocycles. The summed E-state index contributed by atoms with van der Waals surface area (Å²) >= 11 is 9.93. The van der Waals surface area contributed by atoms with E-state index in [4.69, 9.17) is 22.8 Å². The van der Waals surface area contributed by atoms with Gasteiger partial charge in [0.2, 0.25) is 0 Å². The van der Waals surface area contributed by atoms with Gasteiger partial charge in [-0.3, -0.25) is 0 Å². The second-order valence-electron chi connectivity index (χ2n) is 4.42. The van der Waals surface area contributed by atoms with E-state index in [0.29, 0.717) is 5.92 Å². The predicted molar refractivity (Wildman–Crippen MR) is 82.2 cm³/mol. The minimum atomic E-state index is -0.0256. The Labute approximate surface area is 124 Å². The van der Waals surface area contributed by atoms with Gasteiger partial charge in [-0.15, -0.1) is 18.0 Å². The predicted octanol–water partition coefficient (Wildman–Crippen LogP) is 4.31. The normalized spacial score (nSPS) is 30.0. The number of halogens is 2. The standard InChI is InChI=1S/C15H20BrClO/c1-3-5-6-9-13(17)15-10-7-8-12(11-16)14(4-2)18-15/h1,5-8,12-15H,4,9-11H2,2H3. The first-order valence-electron chi connectivity index (χ1n) is 6.36. The Morgan fingerprint density at radius 1 is 1.67 bits per heavy atom. The molecule has 4 unspecified atom stereocenters. The van der Waals surface area contributed by atoms with E-state index < -0.39 is 0 Å². The number of allylic oxidation sites excluding steroid dienone is 2. The molecule has 18 heavy (non-hydrogen) atoms. The Kier molecular flexibility index (Phi) is 7.74. The average molecular weight is 332 g/mol. The molecule has 0 aromatic rings. The molecule has 3 heteroatoms. The maximum absolute atomic E-state index is 6.39. The van der Waals surface area contributed by atoms with Crippen molar-refractivity contribution in [3.05, 3.63) is 24.3 Å². The van der Waals surface area contributed by atoms with Crippen LogP contribution in [0.3, 0.4) is 0 Å². The summed E-state index contributed by atoms with van der Waals surface area (Å²) in [5.41, 5.74) is 0. The fraction of sp³-hybridized carbons (Fsp3) is 0.600. The van der Waals surface area contributed by atoms with Gasteiger partial charge in [0.15, 0.2) is 0 Å². The molecule has 0 spiro atoms. The number of hydrogen-bond donors (Lipinski definition) is 0. The molecule has 0 bridgehead atoms. The second kappa shape index (κ2) is 8.80. The van der Waals surface area contributed by atoms with E-state index in [0.717, 1.165) is 24.6 Å². The molecule has 0 saturated carbocycles. The molecule has 1 rings (SSSR count). The Bertz CT molecular complexity index is 332. The van der Waals surface area contributed by atoms with Crippen molar-refractivity contribution in [3.63, 3.8) is 0 Å². The largest absolute Gasteiger partial charge is 0.372 e. The molecule has 1 nitrogen and oxygen atoms in total. The van der Waals surface area contributed by atoms with Gasteiger partial charge in [-0.2, -0.15) is 0 Å². The van der Waals surface area contributed by atoms with Crippen molar-refractivity contribution in [2.24, 2.45) is 5.92 Å². The molecule has 0 N–H and O–H groups in total. The molecule has 1 heterocycles. The number of alkyl halides is 2. The maximum Gasteiger partial charge on any atom is 0.0779 e. The number of terminal acetylenes is 1. The topological polar surface area (TPSA) is 9.23 Å². The van der Waals surface area contributed by atoms with Gasteiger partial charge in [0.1, 0.15) is 0 Å². The fourth-order valence-corrected chi connectivity index (χ4v) is 2.99. The number of ether oxygens (including phenoxy) is 1. The lowest BCUT2D eigenvalue weighted by Crippen LogP contribution is -2.31. The van der Waals surface area contributed by atoms with Crippen LogP contribution in [0.4, 0.5) is 0 Å². The zero-order valence-corrected chi connectivity index (χ0v) is 13.0. The third-order valence-electron chi connectivity index (χ3n) is 3.14. The monoisotopic (exact) mass is 330 g/mol. The van der Waals surface area contributed by atoms with E-state index in [1.165, 1.54) is 0 Å². The molecule has 100 valence electrons. The SMILES string of the molecule is C#CC=CCC(Cl)C1CC=CC(CBr)C(CC)O1. The molecule has 4 atom stereocenters. The van der Waals surface area contributed by atoms with E-state index in [-0.39, 0.29) is 17.6 Å². The van der Waals surface area contributed by atoms with Crippen LogP contribution in [-0.2, 0) is 4.74 Å². The van der Waals surface area contributed by atoms with Gasteiger partial charge in [-0.05, 0) is 25.3 Å². The van der Waals surface area contributed by atoms with Gasteiger partial charge >= 0.3 is 0 Å². The van der Waals surface area contributed by atoms with Crippen LogP contribution >= 0.6 is 27.5 Å². The lowest BCUT2D eigenvalue weighted by Gasteiger charge is -2.27. The summed E-state index contributed by atoms with van der Waals surface area (Å²) in [6, 6.07) is 0. The minimum Gasteiger partial charge on any atom is -0.372 e. The van der Waals surface area contributed by atoms with E-state index >= 15 is 0 Å². The van der Waals surface area contributed by atoms with Crippen molar-refractivity contribution in [2.45, 2.75) is 43.8 Å². The van der Waals surface area contributed by atoms with Crippen LogP contribution in [0.2, 0.25) is 0 Å². The van der Waals surface area contributed by atoms with Crippen LogP contribution in [0.1, 0.15) is 26.2 Å². The molecule has 1 aliphatic heterocycles. The first kappa shape index (κ1) is 15.8. The fourth-order valence-electron chi connectivity index (χ4n) is 2.09. The third-order valence-corrected chi connectivity index (χ3v) is 4.34. The Balaban J connectivity index is 2.60. The molecule has 0 aliphatic carbocycles. The molecule has 0 fully saturated rings. The summed E-state index contributed by atoms with van der Waals surface area (Å²) in [4.78, 5) is 0. The second-order valence-corrected chi connectivity index (χ2v) is 5.63. The van der Waals surface area contributed by atoms with Crippen LogP contribution in [0.15, 0.2) is 24.3 Å². The Morgan fingerprint density at radius 2 is 2.44 bits per heavy atom. The van der Waals surface area contributed by atoms with Crippen LogP contribution < -0.4 is 0 Å². The zero-order chi connectivity index (χ0) is 13.4. The highest BCUT2D eigenvalue weighted by Crippen LogP contribution is 2.27. The van der Waals surface area contributed by atoms with Crippen LogP contribution in [-0.4, -0.2) is 22.9 Å². The van der Waals surface area contributed by atoms with E-state index in [1.54, 1.807) is 6.08 Å². The zero-order valence-electron chi connectivity index (χ0n) is 10.7. The first-order chi connectivity index (χ1) is 8.72. The van der Waals surface area contributed by atoms with Crippen molar-refractivity contribution in [1.29, 1.82) is 0 Å². The van der Waals surface area contributed by atoms with Gasteiger partial charge < -0.3 is 4.74 Å². The maximum atomic E-state index is 6.39. The van der Waals surface area contributed by atoms with Gasteiger partial charge in [0.05, 0.1) is 17.6 Å². The molecular weight excluding hydrogens is 312 g/mol. The Morgan fingerprint density at radius 3 is 3.06 bits per heavy atom. The van der Waals surface area contributed by atoms with Gasteiger partial charge in [0.25, 0.3) is 0 Å². The summed E-state index contributed by atoms with van der Waals surface area (Å²) < 4.78 is 6.15. The van der Waals surface area contributed by atoms with Crippen LogP contribution in [0.25, 0.3) is 0 Å². The third kappa shape index (κ3) is 4.80. The van der Waals surface area contributed by atoms with E-state index in [2.05, 4.69) is 40.9 Å². The van der Waals surface area contributed by atoms with Crippen molar-refractivity contribution >= 4 is 27.5 Å². The lowest BCUT2D eigenvalue weighted by atomic mass is 10.0. The minimum absolute atomic E-state index is 0.0256. The first-order valence-corrected chi connectivity index (χ1v) is 7.92. The van der Waals surface area contributed by atoms with Crippen molar-refractivity contribution < 1.29 is 4.74 Å². The molecule has 1 aliphatic rings. The quantitative estimate of drug-likeness (QED) is 0.414. The summed E-state index contributed by atoms with van der Waals surface area (Å²) in [5, 5.41) is 0.904. The highest BCUT2D eigenvalue weighted by Gasteiger charge is 2.27. The average Bonchev–Trinajstić information content (AvgIpc) is 2.60. The highest BCUT2D eigenvalue weighted by molar-refractivity contribution is 9.09. The van der Waals surface area contributed by atoms with Crippen LogP contribution in [0.5, 0.6) is 0 Å². The summed E-state index contributed by atoms with van der Waals surface area (Å²) in [5.74, 6) is 2.91. The molecular formula is C15H20BrClO. The molecule has 0 saturated heterocycles.